The molecule has 4 aliphatic heterocycles. The summed E-state index contributed by atoms with van der Waals surface area (Å²) < 4.78 is 24.3. The number of fused-ring (bicyclic) bond motifs is 1. The first-order valence-electron chi connectivity index (χ1n) is 22.8. The van der Waals surface area contributed by atoms with Crippen molar-refractivity contribution in [3.05, 3.63) is 46.5 Å². The van der Waals surface area contributed by atoms with Crippen molar-refractivity contribution in [1.82, 2.24) is 21.0 Å². The molecule has 4 saturated heterocycles. The van der Waals surface area contributed by atoms with Gasteiger partial charge in [0.1, 0.15) is 0 Å². The molecule has 4 unspecified atom stereocenters. The lowest BCUT2D eigenvalue weighted by atomic mass is 9.87. The number of benzene rings is 2. The molecule has 2 aromatic rings. The number of esters is 4. The van der Waals surface area contributed by atoms with Crippen molar-refractivity contribution in [1.29, 1.82) is 0 Å². The molecule has 0 aromatic heterocycles. The van der Waals surface area contributed by atoms with Crippen LogP contribution in [-0.4, -0.2) is 99.7 Å². The Morgan fingerprint density at radius 3 is 0.921 bits per heavy atom. The first-order valence-corrected chi connectivity index (χ1v) is 22.8. The molecule has 4 heterocycles. The lowest BCUT2D eigenvalue weighted by molar-refractivity contribution is -0.249. The standard InChI is InChI=1S/C50H75N4O9/c1-43(2)21-29(47(9,10)51-43)25-60-39(55)33-17-18-35(41(57)62-27-31-23-45(5,6)53-49(31,13)14)38-36(42(58)63-28-32-24-46(7,8)54(59)50(32,15)16)20-19-34(37(33)38)40(56)61-26-30-22-44(3,4)52-48(30,11)12/h17-20,29-32,51-53H,21-28H2,1-16H3. The van der Waals surface area contributed by atoms with Gasteiger partial charge in [0.05, 0.1) is 54.2 Å². The minimum Gasteiger partial charge on any atom is -0.462 e. The molecule has 6 rings (SSSR count). The monoisotopic (exact) mass is 876 g/mol. The summed E-state index contributed by atoms with van der Waals surface area (Å²) in [5.41, 5.74) is -3.03. The van der Waals surface area contributed by atoms with Crippen LogP contribution in [0.3, 0.4) is 0 Å². The van der Waals surface area contributed by atoms with Crippen molar-refractivity contribution in [3.63, 3.8) is 0 Å². The highest BCUT2D eigenvalue weighted by Gasteiger charge is 2.53. The van der Waals surface area contributed by atoms with Crippen molar-refractivity contribution in [2.45, 2.75) is 181 Å². The predicted octanol–water partition coefficient (Wildman–Crippen LogP) is 8.19. The Kier molecular flexibility index (Phi) is 12.7. The highest BCUT2D eigenvalue weighted by molar-refractivity contribution is 6.22. The maximum atomic E-state index is 14.5. The third kappa shape index (κ3) is 9.98. The predicted molar refractivity (Wildman–Crippen MR) is 242 cm³/mol. The average Bonchev–Trinajstić information content (AvgIpc) is 3.67. The Hall–Kier alpha value is -3.62. The molecule has 63 heavy (non-hydrogen) atoms. The summed E-state index contributed by atoms with van der Waals surface area (Å²) >= 11 is 0. The van der Waals surface area contributed by atoms with Gasteiger partial charge in [-0.1, -0.05) is 0 Å². The van der Waals surface area contributed by atoms with E-state index in [2.05, 4.69) is 99.0 Å². The second kappa shape index (κ2) is 16.4. The second-order valence-electron chi connectivity index (χ2n) is 24.0. The molecule has 0 aliphatic carbocycles. The Balaban J connectivity index is 1.44. The third-order valence-corrected chi connectivity index (χ3v) is 14.8. The first-order chi connectivity index (χ1) is 28.7. The van der Waals surface area contributed by atoms with Gasteiger partial charge in [-0.05, 0) is 161 Å². The smallest absolute Gasteiger partial charge is 0.338 e. The summed E-state index contributed by atoms with van der Waals surface area (Å²) in [5, 5.41) is 25.3. The molecule has 4 atom stereocenters. The van der Waals surface area contributed by atoms with Crippen LogP contribution < -0.4 is 16.0 Å². The Morgan fingerprint density at radius 1 is 0.460 bits per heavy atom. The van der Waals surface area contributed by atoms with Gasteiger partial charge in [0.2, 0.25) is 0 Å². The van der Waals surface area contributed by atoms with Crippen LogP contribution in [0.4, 0.5) is 0 Å². The van der Waals surface area contributed by atoms with E-state index in [1.807, 2.05) is 27.7 Å². The molecule has 349 valence electrons. The van der Waals surface area contributed by atoms with Gasteiger partial charge in [0.25, 0.3) is 0 Å². The molecule has 4 aliphatic rings. The average molecular weight is 876 g/mol. The molecule has 13 nitrogen and oxygen atoms in total. The number of hydrogen-bond donors (Lipinski definition) is 3. The van der Waals surface area contributed by atoms with Gasteiger partial charge in [-0.3, -0.25) is 0 Å². The fourth-order valence-electron chi connectivity index (χ4n) is 11.8. The van der Waals surface area contributed by atoms with E-state index >= 15 is 0 Å². The molecule has 1 radical (unpaired) electrons. The van der Waals surface area contributed by atoms with Crippen molar-refractivity contribution < 1.29 is 43.3 Å². The number of hydroxylamine groups is 2. The van der Waals surface area contributed by atoms with E-state index in [4.69, 9.17) is 18.9 Å². The topological polar surface area (TPSA) is 164 Å². The molecule has 0 bridgehead atoms. The minimum atomic E-state index is -0.819. The minimum absolute atomic E-state index is 0.00119. The highest BCUT2D eigenvalue weighted by Crippen LogP contribution is 2.45. The van der Waals surface area contributed by atoms with Crippen LogP contribution >= 0.6 is 0 Å². The van der Waals surface area contributed by atoms with E-state index < -0.39 is 35.0 Å². The van der Waals surface area contributed by atoms with Crippen LogP contribution in [0.5, 0.6) is 0 Å². The number of rotatable bonds is 12. The fraction of sp³-hybridized carbons (Fsp3) is 0.720. The van der Waals surface area contributed by atoms with Gasteiger partial charge in [-0.2, -0.15) is 0 Å². The summed E-state index contributed by atoms with van der Waals surface area (Å²) in [5.74, 6) is -3.28. The van der Waals surface area contributed by atoms with E-state index in [-0.39, 0.29) is 116 Å². The van der Waals surface area contributed by atoms with Crippen LogP contribution in [-0.2, 0) is 24.2 Å². The van der Waals surface area contributed by atoms with E-state index in [0.717, 1.165) is 24.3 Å². The van der Waals surface area contributed by atoms with Crippen molar-refractivity contribution >= 4 is 34.6 Å². The summed E-state index contributed by atoms with van der Waals surface area (Å²) in [6.07, 6.45) is 2.78. The Labute approximate surface area is 375 Å². The van der Waals surface area contributed by atoms with E-state index in [1.165, 1.54) is 24.3 Å². The molecule has 2 aromatic carbocycles. The number of nitrogens with zero attached hydrogens (tertiary/aromatic N) is 1. The Morgan fingerprint density at radius 2 is 0.714 bits per heavy atom. The normalized spacial score (nSPS) is 28.1. The zero-order valence-corrected chi connectivity index (χ0v) is 40.9. The quantitative estimate of drug-likeness (QED) is 0.139. The zero-order chi connectivity index (χ0) is 47.1. The summed E-state index contributed by atoms with van der Waals surface area (Å²) in [6.45, 7) is 32.8. The molecule has 0 saturated carbocycles. The van der Waals surface area contributed by atoms with Crippen molar-refractivity contribution in [3.8, 4) is 0 Å². The molecule has 13 heteroatoms. The SMILES string of the molecule is CC1(C)CC(COC(=O)c2ccc(C(=O)OCC3CC(C)(C)NC3(C)C)c3c(C(=O)OCC4CC(C)(C)N([O])C4(C)C)ccc(C(=O)OCC4CC(C)(C)NC4(C)C)c23)C(C)(C)N1. The molecule has 0 amide bonds. The molecular weight excluding hydrogens is 801 g/mol. The van der Waals surface area contributed by atoms with Gasteiger partial charge in [0.15, 0.2) is 0 Å². The third-order valence-electron chi connectivity index (χ3n) is 14.8. The van der Waals surface area contributed by atoms with Crippen LogP contribution in [0.15, 0.2) is 24.3 Å². The summed E-state index contributed by atoms with van der Waals surface area (Å²) in [6, 6.07) is 5.84. The molecule has 3 N–H and O–H groups in total. The maximum absolute atomic E-state index is 14.5. The molecular formula is C50H75N4O9. The number of carbonyl (C=O) groups is 4. The fourth-order valence-corrected chi connectivity index (χ4v) is 11.8. The lowest BCUT2D eigenvalue weighted by Gasteiger charge is -2.33. The number of ether oxygens (including phenoxy) is 4. The molecule has 4 fully saturated rings. The van der Waals surface area contributed by atoms with Crippen LogP contribution in [0.25, 0.3) is 10.8 Å². The van der Waals surface area contributed by atoms with E-state index in [9.17, 15) is 24.4 Å². The van der Waals surface area contributed by atoms with Gasteiger partial charge >= 0.3 is 23.9 Å². The van der Waals surface area contributed by atoms with Gasteiger partial charge < -0.3 is 34.9 Å². The van der Waals surface area contributed by atoms with Crippen LogP contribution in [0.2, 0.25) is 0 Å². The number of nitrogens with one attached hydrogen (secondary N) is 3. The second-order valence-corrected chi connectivity index (χ2v) is 24.0. The zero-order valence-electron chi connectivity index (χ0n) is 40.9. The Bertz CT molecular complexity index is 2080. The van der Waals surface area contributed by atoms with Gasteiger partial charge in [0, 0.05) is 73.2 Å². The summed E-state index contributed by atoms with van der Waals surface area (Å²) in [4.78, 5) is 57.9. The first kappa shape index (κ1) is 48.8. The lowest BCUT2D eigenvalue weighted by Crippen LogP contribution is -2.46. The highest BCUT2D eigenvalue weighted by atomic mass is 16.5. The van der Waals surface area contributed by atoms with E-state index in [0.29, 0.717) is 6.42 Å². The molecule has 0 spiro atoms. The number of hydrogen-bond acceptors (Lipinski definition) is 12. The van der Waals surface area contributed by atoms with E-state index in [1.54, 1.807) is 0 Å². The largest absolute Gasteiger partial charge is 0.462 e. The maximum Gasteiger partial charge on any atom is 0.338 e. The van der Waals surface area contributed by atoms with Crippen molar-refractivity contribution in [2.75, 3.05) is 26.4 Å². The van der Waals surface area contributed by atoms with Gasteiger partial charge in [-0.25, -0.2) is 19.2 Å². The van der Waals surface area contributed by atoms with Gasteiger partial charge in [-0.15, -0.1) is 10.3 Å². The van der Waals surface area contributed by atoms with Crippen LogP contribution in [0, 0.1) is 23.7 Å². The summed E-state index contributed by atoms with van der Waals surface area (Å²) in [7, 11) is 0. The van der Waals surface area contributed by atoms with Crippen molar-refractivity contribution in [2.24, 2.45) is 23.7 Å². The van der Waals surface area contributed by atoms with Crippen LogP contribution in [0.1, 0.15) is 178 Å². The number of carbonyl (C=O) groups excluding carboxylic acids is 4.